The average molecular weight is 486 g/mol. The number of hydrogen-bond acceptors (Lipinski definition) is 6. The monoisotopic (exact) mass is 485 g/mol. The van der Waals surface area contributed by atoms with Crippen LogP contribution >= 0.6 is 11.6 Å². The Morgan fingerprint density at radius 2 is 2.00 bits per heavy atom. The van der Waals surface area contributed by atoms with Crippen LogP contribution in [0.3, 0.4) is 0 Å². The maximum absolute atomic E-state index is 13.2. The Morgan fingerprint density at radius 3 is 2.69 bits per heavy atom. The maximum atomic E-state index is 13.2. The van der Waals surface area contributed by atoms with Crippen molar-refractivity contribution in [3.05, 3.63) is 93.9 Å². The number of nitrogens with zero attached hydrogens (tertiary/aromatic N) is 3. The molecule has 1 amide bonds. The number of amides is 1. The number of nitrogens with one attached hydrogen (secondary N) is 2. The van der Waals surface area contributed by atoms with E-state index in [9.17, 15) is 10.1 Å². The zero-order chi connectivity index (χ0) is 24.8. The second-order valence-corrected chi connectivity index (χ2v) is 8.28. The zero-order valence-electron chi connectivity index (χ0n) is 19.4. The van der Waals surface area contributed by atoms with Gasteiger partial charge in [0.1, 0.15) is 5.75 Å². The van der Waals surface area contributed by atoms with Gasteiger partial charge in [0.05, 0.1) is 52.8 Å². The second-order valence-electron chi connectivity index (χ2n) is 7.87. The highest BCUT2D eigenvalue weighted by Crippen LogP contribution is 2.31. The normalized spacial score (nSPS) is 10.6. The summed E-state index contributed by atoms with van der Waals surface area (Å²) in [6.45, 7) is 2.70. The van der Waals surface area contributed by atoms with Crippen LogP contribution < -0.4 is 15.4 Å². The lowest BCUT2D eigenvalue weighted by molar-refractivity contribution is 0.0951. The molecule has 0 radical (unpaired) electrons. The molecule has 2 N–H and O–H groups in total. The number of hydrogen-bond donors (Lipinski definition) is 2. The van der Waals surface area contributed by atoms with Gasteiger partial charge in [-0.1, -0.05) is 30.7 Å². The van der Waals surface area contributed by atoms with Crippen LogP contribution in [0.15, 0.2) is 60.9 Å². The number of anilines is 1. The molecule has 0 aliphatic heterocycles. The largest absolute Gasteiger partial charge is 0.495 e. The Labute approximate surface area is 208 Å². The van der Waals surface area contributed by atoms with Gasteiger partial charge in [-0.15, -0.1) is 0 Å². The number of aryl methyl sites for hydroxylation is 1. The van der Waals surface area contributed by atoms with E-state index in [4.69, 9.17) is 16.3 Å². The summed E-state index contributed by atoms with van der Waals surface area (Å²) in [7, 11) is 1.57. The first kappa shape index (κ1) is 24.0. The summed E-state index contributed by atoms with van der Waals surface area (Å²) in [5.41, 5.74) is 4.85. The van der Waals surface area contributed by atoms with E-state index in [1.165, 1.54) is 0 Å². The number of nitriles is 1. The molecule has 0 aliphatic rings. The maximum Gasteiger partial charge on any atom is 0.255 e. The van der Waals surface area contributed by atoms with E-state index in [0.717, 1.165) is 22.3 Å². The minimum atomic E-state index is -0.291. The quantitative estimate of drug-likeness (QED) is 0.352. The molecule has 7 nitrogen and oxygen atoms in total. The lowest BCUT2D eigenvalue weighted by Crippen LogP contribution is -2.24. The zero-order valence-corrected chi connectivity index (χ0v) is 20.2. The summed E-state index contributed by atoms with van der Waals surface area (Å²) in [5, 5.41) is 17.1. The fourth-order valence-corrected chi connectivity index (χ4v) is 4.13. The van der Waals surface area contributed by atoms with Crippen LogP contribution in [0, 0.1) is 11.3 Å². The summed E-state index contributed by atoms with van der Waals surface area (Å²) in [6, 6.07) is 16.9. The van der Waals surface area contributed by atoms with Gasteiger partial charge >= 0.3 is 0 Å². The average Bonchev–Trinajstić information content (AvgIpc) is 2.90. The van der Waals surface area contributed by atoms with Crippen LogP contribution in [-0.4, -0.2) is 23.0 Å². The van der Waals surface area contributed by atoms with Crippen molar-refractivity contribution in [2.24, 2.45) is 0 Å². The fourth-order valence-electron chi connectivity index (χ4n) is 3.85. The number of carbonyl (C=O) groups excluding carboxylic acids is 1. The van der Waals surface area contributed by atoms with Crippen molar-refractivity contribution in [1.29, 1.82) is 5.26 Å². The molecular formula is C27H24ClN5O2. The number of ether oxygens (including phenoxy) is 1. The van der Waals surface area contributed by atoms with E-state index in [-0.39, 0.29) is 12.5 Å². The van der Waals surface area contributed by atoms with Crippen LogP contribution in [0.2, 0.25) is 5.02 Å². The highest BCUT2D eigenvalue weighted by atomic mass is 35.5. The molecule has 0 fully saturated rings. The Kier molecular flexibility index (Phi) is 7.44. The standard InChI is InChI=1S/C27H24ClN5O2/c1-3-19-10-18(13-29)11-21-25(19)32-16-22(27(34)33-15-20-6-4-5-9-30-20)26(21)31-14-17-7-8-24(35-2)23(28)12-17/h4-12,16H,3,14-15H2,1-2H3,(H,31,32)(H,33,34). The molecule has 8 heteroatoms. The Balaban J connectivity index is 1.73. The van der Waals surface area contributed by atoms with Gasteiger partial charge in [-0.3, -0.25) is 14.8 Å². The van der Waals surface area contributed by atoms with Gasteiger partial charge in [0, 0.05) is 24.3 Å². The molecule has 176 valence electrons. The molecule has 4 aromatic rings. The van der Waals surface area contributed by atoms with Crippen molar-refractivity contribution >= 4 is 34.1 Å². The minimum absolute atomic E-state index is 0.281. The molecule has 0 saturated heterocycles. The van der Waals surface area contributed by atoms with E-state index in [0.29, 0.717) is 45.9 Å². The second kappa shape index (κ2) is 10.9. The van der Waals surface area contributed by atoms with Gasteiger partial charge in [0.2, 0.25) is 0 Å². The third-order valence-electron chi connectivity index (χ3n) is 5.65. The van der Waals surface area contributed by atoms with Crippen molar-refractivity contribution in [2.45, 2.75) is 26.4 Å². The van der Waals surface area contributed by atoms with Crippen LogP contribution in [0.1, 0.15) is 39.7 Å². The molecule has 35 heavy (non-hydrogen) atoms. The summed E-state index contributed by atoms with van der Waals surface area (Å²) >= 11 is 6.30. The van der Waals surface area contributed by atoms with Gasteiger partial charge < -0.3 is 15.4 Å². The fraction of sp³-hybridized carbons (Fsp3) is 0.185. The molecule has 2 aromatic heterocycles. The van der Waals surface area contributed by atoms with Crippen LogP contribution in [0.5, 0.6) is 5.75 Å². The lowest BCUT2D eigenvalue weighted by atomic mass is 10.00. The lowest BCUT2D eigenvalue weighted by Gasteiger charge is -2.17. The molecule has 0 atom stereocenters. The number of carbonyl (C=O) groups is 1. The molecule has 0 saturated carbocycles. The molecule has 0 spiro atoms. The third-order valence-corrected chi connectivity index (χ3v) is 5.94. The minimum Gasteiger partial charge on any atom is -0.495 e. The van der Waals surface area contributed by atoms with Gasteiger partial charge in [-0.25, -0.2) is 0 Å². The van der Waals surface area contributed by atoms with E-state index in [1.807, 2.05) is 43.3 Å². The molecule has 0 bridgehead atoms. The SMILES string of the molecule is CCc1cc(C#N)cc2c(NCc3ccc(OC)c(Cl)c3)c(C(=O)NCc3ccccn3)cnc12. The number of halogens is 1. The van der Waals surface area contributed by atoms with E-state index in [2.05, 4.69) is 26.7 Å². The van der Waals surface area contributed by atoms with Crippen molar-refractivity contribution in [2.75, 3.05) is 12.4 Å². The number of fused-ring (bicyclic) bond motifs is 1. The summed E-state index contributed by atoms with van der Waals surface area (Å²) in [4.78, 5) is 22.1. The number of aromatic nitrogens is 2. The first-order valence-corrected chi connectivity index (χ1v) is 11.5. The van der Waals surface area contributed by atoms with Crippen LogP contribution in [-0.2, 0) is 19.5 Å². The predicted molar refractivity (Wildman–Crippen MR) is 137 cm³/mol. The third kappa shape index (κ3) is 5.34. The number of methoxy groups -OCH3 is 1. The summed E-state index contributed by atoms with van der Waals surface area (Å²) in [6.07, 6.45) is 3.96. The van der Waals surface area contributed by atoms with Gasteiger partial charge in [-0.2, -0.15) is 5.26 Å². The van der Waals surface area contributed by atoms with Crippen molar-refractivity contribution < 1.29 is 9.53 Å². The highest BCUT2D eigenvalue weighted by molar-refractivity contribution is 6.32. The first-order chi connectivity index (χ1) is 17.0. The van der Waals surface area contributed by atoms with E-state index >= 15 is 0 Å². The predicted octanol–water partition coefficient (Wildman–Crippen LogP) is 5.27. The Morgan fingerprint density at radius 1 is 1.14 bits per heavy atom. The Bertz CT molecular complexity index is 1420. The van der Waals surface area contributed by atoms with Crippen LogP contribution in [0.4, 0.5) is 5.69 Å². The van der Waals surface area contributed by atoms with E-state index in [1.54, 1.807) is 31.6 Å². The van der Waals surface area contributed by atoms with Crippen LogP contribution in [0.25, 0.3) is 10.9 Å². The molecule has 0 unspecified atom stereocenters. The van der Waals surface area contributed by atoms with Gasteiger partial charge in [0.25, 0.3) is 5.91 Å². The van der Waals surface area contributed by atoms with Crippen molar-refractivity contribution in [3.63, 3.8) is 0 Å². The molecular weight excluding hydrogens is 462 g/mol. The van der Waals surface area contributed by atoms with Gasteiger partial charge in [0.15, 0.2) is 0 Å². The summed E-state index contributed by atoms with van der Waals surface area (Å²) < 4.78 is 5.24. The Hall–Kier alpha value is -4.15. The topological polar surface area (TPSA) is 99.9 Å². The smallest absolute Gasteiger partial charge is 0.255 e. The number of pyridine rings is 2. The van der Waals surface area contributed by atoms with Gasteiger partial charge in [-0.05, 0) is 53.9 Å². The summed E-state index contributed by atoms with van der Waals surface area (Å²) in [5.74, 6) is 0.298. The number of benzene rings is 2. The molecule has 4 rings (SSSR count). The van der Waals surface area contributed by atoms with Crippen molar-refractivity contribution in [3.8, 4) is 11.8 Å². The molecule has 0 aliphatic carbocycles. The highest BCUT2D eigenvalue weighted by Gasteiger charge is 2.18. The van der Waals surface area contributed by atoms with E-state index < -0.39 is 0 Å². The molecule has 2 heterocycles. The first-order valence-electron chi connectivity index (χ1n) is 11.1. The molecule has 2 aromatic carbocycles. The number of rotatable bonds is 8. The van der Waals surface area contributed by atoms with Crippen molar-refractivity contribution in [1.82, 2.24) is 15.3 Å².